The molecule has 1 saturated heterocycles. The SMILES string of the molecule is O=S(=O)(CCOC1CCCCO1)c1c[nH]c2ccc(Cl)cc12. The lowest BCUT2D eigenvalue weighted by Crippen LogP contribution is -2.25. The monoisotopic (exact) mass is 343 g/mol. The predicted octanol–water partition coefficient (Wildman–Crippen LogP) is 3.14. The fourth-order valence-corrected chi connectivity index (χ4v) is 4.02. The lowest BCUT2D eigenvalue weighted by molar-refractivity contribution is -0.158. The van der Waals surface area contributed by atoms with Crippen LogP contribution in [0.5, 0.6) is 0 Å². The van der Waals surface area contributed by atoms with Crippen LogP contribution in [0.25, 0.3) is 10.9 Å². The minimum absolute atomic E-state index is 0.0771. The third kappa shape index (κ3) is 3.46. The molecule has 1 atom stereocenters. The van der Waals surface area contributed by atoms with Gasteiger partial charge in [-0.25, -0.2) is 8.42 Å². The summed E-state index contributed by atoms with van der Waals surface area (Å²) in [6.07, 6.45) is 4.14. The Labute approximate surface area is 134 Å². The van der Waals surface area contributed by atoms with E-state index in [1.807, 2.05) is 0 Å². The number of aromatic amines is 1. The molecule has 2 aromatic rings. The Balaban J connectivity index is 1.70. The Hall–Kier alpha value is -1.08. The van der Waals surface area contributed by atoms with Crippen molar-refractivity contribution in [2.24, 2.45) is 0 Å². The number of benzene rings is 1. The molecule has 0 aliphatic carbocycles. The number of sulfone groups is 1. The van der Waals surface area contributed by atoms with Crippen molar-refractivity contribution in [2.75, 3.05) is 19.0 Å². The number of hydrogen-bond donors (Lipinski definition) is 1. The topological polar surface area (TPSA) is 68.4 Å². The van der Waals surface area contributed by atoms with Gasteiger partial charge in [0.05, 0.1) is 17.3 Å². The molecule has 3 rings (SSSR count). The van der Waals surface area contributed by atoms with E-state index in [1.54, 1.807) is 18.2 Å². The Morgan fingerprint density at radius 1 is 1.36 bits per heavy atom. The fourth-order valence-electron chi connectivity index (χ4n) is 2.57. The molecular formula is C15H18ClNO4S. The normalized spacial score (nSPS) is 19.6. The molecule has 0 amide bonds. The molecule has 1 unspecified atom stereocenters. The molecule has 0 saturated carbocycles. The lowest BCUT2D eigenvalue weighted by Gasteiger charge is -2.22. The van der Waals surface area contributed by atoms with Gasteiger partial charge in [-0.2, -0.15) is 0 Å². The van der Waals surface area contributed by atoms with Crippen molar-refractivity contribution in [1.29, 1.82) is 0 Å². The number of rotatable bonds is 5. The van der Waals surface area contributed by atoms with Gasteiger partial charge in [0.25, 0.3) is 0 Å². The van der Waals surface area contributed by atoms with Gasteiger partial charge in [0.1, 0.15) is 0 Å². The highest BCUT2D eigenvalue weighted by Gasteiger charge is 2.21. The molecule has 5 nitrogen and oxygen atoms in total. The summed E-state index contributed by atoms with van der Waals surface area (Å²) in [6.45, 7) is 0.804. The first-order chi connectivity index (χ1) is 10.6. The number of halogens is 1. The fraction of sp³-hybridized carbons (Fsp3) is 0.467. The summed E-state index contributed by atoms with van der Waals surface area (Å²) in [5, 5.41) is 1.12. The Morgan fingerprint density at radius 2 is 2.23 bits per heavy atom. The summed E-state index contributed by atoms with van der Waals surface area (Å²) < 4.78 is 35.9. The molecule has 1 aromatic heterocycles. The largest absolute Gasteiger partial charge is 0.360 e. The van der Waals surface area contributed by atoms with E-state index in [2.05, 4.69) is 4.98 Å². The molecule has 120 valence electrons. The first-order valence-corrected chi connectivity index (χ1v) is 9.32. The summed E-state index contributed by atoms with van der Waals surface area (Å²) in [7, 11) is -3.43. The lowest BCUT2D eigenvalue weighted by atomic mass is 10.2. The molecule has 0 radical (unpaired) electrons. The Morgan fingerprint density at radius 3 is 3.00 bits per heavy atom. The van der Waals surface area contributed by atoms with Crippen LogP contribution in [0.15, 0.2) is 29.3 Å². The van der Waals surface area contributed by atoms with Gasteiger partial charge in [0.2, 0.25) is 0 Å². The maximum Gasteiger partial charge on any atom is 0.182 e. The van der Waals surface area contributed by atoms with Gasteiger partial charge in [0.15, 0.2) is 16.1 Å². The Kier molecular flexibility index (Phi) is 4.73. The highest BCUT2D eigenvalue weighted by molar-refractivity contribution is 7.91. The summed E-state index contributed by atoms with van der Waals surface area (Å²) >= 11 is 5.95. The van der Waals surface area contributed by atoms with E-state index in [-0.39, 0.29) is 23.5 Å². The van der Waals surface area contributed by atoms with Gasteiger partial charge in [-0.3, -0.25) is 0 Å². The van der Waals surface area contributed by atoms with Crippen LogP contribution >= 0.6 is 11.6 Å². The van der Waals surface area contributed by atoms with Crippen molar-refractivity contribution in [3.63, 3.8) is 0 Å². The van der Waals surface area contributed by atoms with Crippen LogP contribution in [0.2, 0.25) is 5.02 Å². The van der Waals surface area contributed by atoms with Crippen LogP contribution in [-0.4, -0.2) is 38.7 Å². The quantitative estimate of drug-likeness (QED) is 0.905. The average Bonchev–Trinajstić information content (AvgIpc) is 2.92. The first-order valence-electron chi connectivity index (χ1n) is 7.29. The van der Waals surface area contributed by atoms with Gasteiger partial charge in [-0.1, -0.05) is 11.6 Å². The molecule has 1 fully saturated rings. The van der Waals surface area contributed by atoms with Crippen molar-refractivity contribution >= 4 is 32.3 Å². The van der Waals surface area contributed by atoms with E-state index < -0.39 is 9.84 Å². The molecule has 0 bridgehead atoms. The van der Waals surface area contributed by atoms with E-state index >= 15 is 0 Å². The van der Waals surface area contributed by atoms with Crippen LogP contribution in [0, 0.1) is 0 Å². The minimum atomic E-state index is -3.43. The van der Waals surface area contributed by atoms with Gasteiger partial charge in [0, 0.05) is 28.7 Å². The van der Waals surface area contributed by atoms with Crippen LogP contribution < -0.4 is 0 Å². The van der Waals surface area contributed by atoms with Crippen molar-refractivity contribution in [1.82, 2.24) is 4.98 Å². The second-order valence-electron chi connectivity index (χ2n) is 5.33. The summed E-state index contributed by atoms with van der Waals surface area (Å²) in [5.74, 6) is -0.0771. The van der Waals surface area contributed by atoms with E-state index in [0.717, 1.165) is 24.8 Å². The highest BCUT2D eigenvalue weighted by atomic mass is 35.5. The number of H-pyrrole nitrogens is 1. The Bertz CT molecular complexity index is 750. The molecule has 7 heteroatoms. The van der Waals surface area contributed by atoms with Crippen molar-refractivity contribution in [3.05, 3.63) is 29.4 Å². The van der Waals surface area contributed by atoms with Crippen LogP contribution in [-0.2, 0) is 19.3 Å². The minimum Gasteiger partial charge on any atom is -0.360 e. The van der Waals surface area contributed by atoms with Crippen molar-refractivity contribution in [3.8, 4) is 0 Å². The molecule has 1 aliphatic heterocycles. The number of nitrogens with one attached hydrogen (secondary N) is 1. The van der Waals surface area contributed by atoms with Crippen molar-refractivity contribution < 1.29 is 17.9 Å². The van der Waals surface area contributed by atoms with E-state index in [4.69, 9.17) is 21.1 Å². The molecule has 22 heavy (non-hydrogen) atoms. The van der Waals surface area contributed by atoms with Gasteiger partial charge < -0.3 is 14.5 Å². The molecule has 1 aromatic carbocycles. The van der Waals surface area contributed by atoms with Crippen LogP contribution in [0.1, 0.15) is 19.3 Å². The molecule has 1 aliphatic rings. The predicted molar refractivity (Wildman–Crippen MR) is 84.9 cm³/mol. The van der Waals surface area contributed by atoms with Gasteiger partial charge in [-0.15, -0.1) is 0 Å². The van der Waals surface area contributed by atoms with Gasteiger partial charge >= 0.3 is 0 Å². The van der Waals surface area contributed by atoms with Gasteiger partial charge in [-0.05, 0) is 37.5 Å². The van der Waals surface area contributed by atoms with E-state index in [0.29, 0.717) is 17.0 Å². The summed E-state index contributed by atoms with van der Waals surface area (Å²) in [5.41, 5.74) is 0.750. The third-order valence-corrected chi connectivity index (χ3v) is 5.68. The number of ether oxygens (including phenoxy) is 2. The maximum atomic E-state index is 12.5. The summed E-state index contributed by atoms with van der Waals surface area (Å²) in [4.78, 5) is 3.22. The molecule has 2 heterocycles. The smallest absolute Gasteiger partial charge is 0.182 e. The molecular weight excluding hydrogens is 326 g/mol. The average molecular weight is 344 g/mol. The van der Waals surface area contributed by atoms with Crippen LogP contribution in [0.3, 0.4) is 0 Å². The zero-order valence-corrected chi connectivity index (χ0v) is 13.6. The van der Waals surface area contributed by atoms with E-state index in [1.165, 1.54) is 6.20 Å². The zero-order valence-electron chi connectivity index (χ0n) is 12.0. The number of hydrogen-bond acceptors (Lipinski definition) is 4. The van der Waals surface area contributed by atoms with Crippen molar-refractivity contribution in [2.45, 2.75) is 30.4 Å². The standard InChI is InChI=1S/C15H18ClNO4S/c16-11-4-5-13-12(9-11)14(10-17-13)22(18,19)8-7-21-15-3-1-2-6-20-15/h4-5,9-10,15,17H,1-3,6-8H2. The first kappa shape index (κ1) is 15.8. The number of aromatic nitrogens is 1. The second-order valence-corrected chi connectivity index (χ2v) is 7.84. The van der Waals surface area contributed by atoms with E-state index in [9.17, 15) is 8.42 Å². The third-order valence-electron chi connectivity index (χ3n) is 3.73. The summed E-state index contributed by atoms with van der Waals surface area (Å²) in [6, 6.07) is 5.15. The maximum absolute atomic E-state index is 12.5. The number of fused-ring (bicyclic) bond motifs is 1. The highest BCUT2D eigenvalue weighted by Crippen LogP contribution is 2.26. The second kappa shape index (κ2) is 6.58. The molecule has 0 spiro atoms. The zero-order chi connectivity index (χ0) is 15.6. The molecule has 1 N–H and O–H groups in total. The van der Waals surface area contributed by atoms with Crippen LogP contribution in [0.4, 0.5) is 0 Å².